The van der Waals surface area contributed by atoms with Crippen LogP contribution in [0.2, 0.25) is 0 Å². The number of carbonyl (C=O) groups is 2. The topological polar surface area (TPSA) is 119 Å². The lowest BCUT2D eigenvalue weighted by Crippen LogP contribution is -2.26. The summed E-state index contributed by atoms with van der Waals surface area (Å²) in [5.74, 6) is -1.52. The maximum absolute atomic E-state index is 12.0. The predicted octanol–water partition coefficient (Wildman–Crippen LogP) is 2.81. The van der Waals surface area contributed by atoms with E-state index in [0.717, 1.165) is 18.1 Å². The van der Waals surface area contributed by atoms with Crippen LogP contribution in [0.5, 0.6) is 5.75 Å². The van der Waals surface area contributed by atoms with Gasteiger partial charge < -0.3 is 15.2 Å². The minimum absolute atomic E-state index is 0.0559. The number of nitrogens with one attached hydrogen (secondary N) is 1. The third-order valence-electron chi connectivity index (χ3n) is 3.75. The average Bonchev–Trinajstić information content (AvgIpc) is 2.65. The summed E-state index contributed by atoms with van der Waals surface area (Å²) < 4.78 is 5.52. The summed E-state index contributed by atoms with van der Waals surface area (Å²) in [5, 5.41) is 22.2. The van der Waals surface area contributed by atoms with Gasteiger partial charge in [-0.3, -0.25) is 19.7 Å². The van der Waals surface area contributed by atoms with Gasteiger partial charge in [0.1, 0.15) is 0 Å². The van der Waals surface area contributed by atoms with Gasteiger partial charge in [0.25, 0.3) is 5.91 Å². The highest BCUT2D eigenvalue weighted by Gasteiger charge is 2.19. The van der Waals surface area contributed by atoms with E-state index in [0.29, 0.717) is 13.0 Å². The molecule has 0 fully saturated rings. The van der Waals surface area contributed by atoms with Crippen molar-refractivity contribution < 1.29 is 24.4 Å². The molecule has 0 spiro atoms. The number of nitro benzene ring substituents is 1. The number of carbonyl (C=O) groups excluding carboxylic acids is 1. The number of rotatable bonds is 10. The van der Waals surface area contributed by atoms with Crippen LogP contribution in [0, 0.1) is 10.1 Å². The number of aryl methyl sites for hydroxylation is 1. The van der Waals surface area contributed by atoms with E-state index in [4.69, 9.17) is 9.84 Å². The molecule has 0 heterocycles. The van der Waals surface area contributed by atoms with Gasteiger partial charge >= 0.3 is 11.7 Å². The lowest BCUT2D eigenvalue weighted by atomic mass is 10.1. The molecule has 0 aliphatic carbocycles. The zero-order valence-corrected chi connectivity index (χ0v) is 14.6. The Balaban J connectivity index is 1.95. The Morgan fingerprint density at radius 1 is 1.15 bits per heavy atom. The molecule has 2 aromatic carbocycles. The first-order valence-electron chi connectivity index (χ1n) is 8.42. The van der Waals surface area contributed by atoms with Crippen molar-refractivity contribution in [2.24, 2.45) is 0 Å². The van der Waals surface area contributed by atoms with Crippen molar-refractivity contribution in [2.45, 2.75) is 19.3 Å². The summed E-state index contributed by atoms with van der Waals surface area (Å²) in [6.07, 6.45) is 1.26. The summed E-state index contributed by atoms with van der Waals surface area (Å²) in [5.41, 5.74) is 0.924. The van der Waals surface area contributed by atoms with Gasteiger partial charge in [0.15, 0.2) is 5.75 Å². The van der Waals surface area contributed by atoms with Crippen molar-refractivity contribution in [1.29, 1.82) is 0 Å². The molecule has 0 atom stereocenters. The van der Waals surface area contributed by atoms with Crippen molar-refractivity contribution in [3.8, 4) is 5.75 Å². The van der Waals surface area contributed by atoms with Gasteiger partial charge in [-0.15, -0.1) is 0 Å². The second-order valence-corrected chi connectivity index (χ2v) is 5.78. The summed E-state index contributed by atoms with van der Waals surface area (Å²) in [6, 6.07) is 13.7. The van der Waals surface area contributed by atoms with Crippen LogP contribution in [0.4, 0.5) is 5.69 Å². The molecule has 27 heavy (non-hydrogen) atoms. The van der Waals surface area contributed by atoms with Crippen molar-refractivity contribution in [3.05, 3.63) is 69.8 Å². The maximum atomic E-state index is 12.0. The Kier molecular flexibility index (Phi) is 7.30. The summed E-state index contributed by atoms with van der Waals surface area (Å²) in [6.45, 7) is 0.250. The number of amides is 1. The van der Waals surface area contributed by atoms with Crippen molar-refractivity contribution >= 4 is 17.6 Å². The number of ether oxygens (including phenoxy) is 1. The number of aliphatic carboxylic acids is 1. The summed E-state index contributed by atoms with van der Waals surface area (Å²) >= 11 is 0. The molecule has 142 valence electrons. The minimum atomic E-state index is -1.04. The molecule has 0 saturated heterocycles. The van der Waals surface area contributed by atoms with Gasteiger partial charge in [-0.2, -0.15) is 0 Å². The van der Waals surface area contributed by atoms with E-state index >= 15 is 0 Å². The molecule has 0 radical (unpaired) electrons. The maximum Gasteiger partial charge on any atom is 0.311 e. The van der Waals surface area contributed by atoms with Crippen LogP contribution in [-0.2, 0) is 11.2 Å². The van der Waals surface area contributed by atoms with Crippen LogP contribution >= 0.6 is 0 Å². The first-order valence-corrected chi connectivity index (χ1v) is 8.42. The molecular weight excluding hydrogens is 352 g/mol. The van der Waals surface area contributed by atoms with Gasteiger partial charge in [0.2, 0.25) is 0 Å². The largest absolute Gasteiger partial charge is 0.487 e. The fraction of sp³-hybridized carbons (Fsp3) is 0.263. The Morgan fingerprint density at radius 2 is 1.89 bits per heavy atom. The van der Waals surface area contributed by atoms with Gasteiger partial charge in [-0.1, -0.05) is 30.3 Å². The lowest BCUT2D eigenvalue weighted by Gasteiger charge is -2.09. The van der Waals surface area contributed by atoms with Gasteiger partial charge in [0, 0.05) is 18.2 Å². The van der Waals surface area contributed by atoms with Crippen molar-refractivity contribution in [2.75, 3.05) is 13.2 Å². The van der Waals surface area contributed by atoms with E-state index in [1.165, 1.54) is 12.1 Å². The van der Waals surface area contributed by atoms with Gasteiger partial charge in [-0.25, -0.2) is 0 Å². The standard InChI is InChI=1S/C19H20N2O6/c22-18(23)10-11-20-19(24)15-8-9-17(16(13-15)21(25)26)27-12-4-7-14-5-2-1-3-6-14/h1-3,5-6,8-9,13H,4,7,10-12H2,(H,20,24)(H,22,23). The molecule has 8 heteroatoms. The van der Waals surface area contributed by atoms with E-state index in [-0.39, 0.29) is 30.0 Å². The molecule has 2 N–H and O–H groups in total. The van der Waals surface area contributed by atoms with E-state index in [1.807, 2.05) is 30.3 Å². The fourth-order valence-electron chi connectivity index (χ4n) is 2.41. The third kappa shape index (κ3) is 6.43. The normalized spacial score (nSPS) is 10.2. The zero-order chi connectivity index (χ0) is 19.6. The molecule has 0 saturated carbocycles. The molecule has 0 unspecified atom stereocenters. The number of nitro groups is 1. The highest BCUT2D eigenvalue weighted by Crippen LogP contribution is 2.28. The first-order chi connectivity index (χ1) is 13.0. The third-order valence-corrected chi connectivity index (χ3v) is 3.75. The molecule has 0 bridgehead atoms. The predicted molar refractivity (Wildman–Crippen MR) is 97.9 cm³/mol. The summed E-state index contributed by atoms with van der Waals surface area (Å²) in [4.78, 5) is 33.1. The van der Waals surface area contributed by atoms with Crippen LogP contribution < -0.4 is 10.1 Å². The van der Waals surface area contributed by atoms with Crippen LogP contribution in [-0.4, -0.2) is 35.1 Å². The average molecular weight is 372 g/mol. The molecule has 2 rings (SSSR count). The van der Waals surface area contributed by atoms with E-state index in [9.17, 15) is 19.7 Å². The SMILES string of the molecule is O=C(O)CCNC(=O)c1ccc(OCCCc2ccccc2)c([N+](=O)[O-])c1. The molecule has 2 aromatic rings. The Morgan fingerprint density at radius 3 is 2.56 bits per heavy atom. The van der Waals surface area contributed by atoms with Gasteiger partial charge in [0.05, 0.1) is 18.0 Å². The smallest absolute Gasteiger partial charge is 0.311 e. The van der Waals surface area contributed by atoms with Crippen molar-refractivity contribution in [1.82, 2.24) is 5.32 Å². The molecular formula is C19H20N2O6. The quantitative estimate of drug-likeness (QED) is 0.376. The molecule has 8 nitrogen and oxygen atoms in total. The van der Waals surface area contributed by atoms with E-state index in [1.54, 1.807) is 0 Å². The van der Waals surface area contributed by atoms with Gasteiger partial charge in [-0.05, 0) is 30.5 Å². The van der Waals surface area contributed by atoms with E-state index < -0.39 is 16.8 Å². The molecule has 0 aliphatic rings. The molecule has 0 aromatic heterocycles. The monoisotopic (exact) mass is 372 g/mol. The lowest BCUT2D eigenvalue weighted by molar-refractivity contribution is -0.385. The summed E-state index contributed by atoms with van der Waals surface area (Å²) in [7, 11) is 0. The zero-order valence-electron chi connectivity index (χ0n) is 14.6. The Bertz CT molecular complexity index is 807. The number of benzene rings is 2. The number of carboxylic acid groups (broad SMARTS) is 1. The highest BCUT2D eigenvalue weighted by atomic mass is 16.6. The van der Waals surface area contributed by atoms with Crippen LogP contribution in [0.15, 0.2) is 48.5 Å². The van der Waals surface area contributed by atoms with E-state index in [2.05, 4.69) is 5.32 Å². The van der Waals surface area contributed by atoms with Crippen LogP contribution in [0.1, 0.15) is 28.8 Å². The second-order valence-electron chi connectivity index (χ2n) is 5.78. The first kappa shape index (κ1) is 19.9. The van der Waals surface area contributed by atoms with Crippen LogP contribution in [0.25, 0.3) is 0 Å². The second kappa shape index (κ2) is 9.91. The molecule has 0 aliphatic heterocycles. The minimum Gasteiger partial charge on any atom is -0.487 e. The number of nitrogens with zero attached hydrogens (tertiary/aromatic N) is 1. The molecule has 1 amide bonds. The highest BCUT2D eigenvalue weighted by molar-refractivity contribution is 5.95. The number of carboxylic acids is 1. The Labute approximate surface area is 155 Å². The van der Waals surface area contributed by atoms with Crippen molar-refractivity contribution in [3.63, 3.8) is 0 Å². The Hall–Kier alpha value is -3.42. The van der Waals surface area contributed by atoms with Crippen LogP contribution in [0.3, 0.4) is 0 Å². The fourth-order valence-corrected chi connectivity index (χ4v) is 2.41. The number of hydrogen-bond acceptors (Lipinski definition) is 5. The number of hydrogen-bond donors (Lipinski definition) is 2.